The van der Waals surface area contributed by atoms with E-state index >= 15 is 0 Å². The monoisotopic (exact) mass is 275 g/mol. The molecule has 1 unspecified atom stereocenters. The van der Waals surface area contributed by atoms with Crippen LogP contribution in [0.25, 0.3) is 5.65 Å². The Kier molecular flexibility index (Phi) is 3.64. The molecular formula is C14H17N3O3. The Morgan fingerprint density at radius 3 is 3.15 bits per heavy atom. The van der Waals surface area contributed by atoms with E-state index in [4.69, 9.17) is 9.47 Å². The maximum atomic E-state index is 11.5. The second-order valence-corrected chi connectivity index (χ2v) is 4.93. The lowest BCUT2D eigenvalue weighted by molar-refractivity contribution is 0.0157. The highest BCUT2D eigenvalue weighted by Crippen LogP contribution is 2.16. The van der Waals surface area contributed by atoms with Crippen molar-refractivity contribution >= 4 is 11.6 Å². The van der Waals surface area contributed by atoms with Crippen LogP contribution in [0.1, 0.15) is 35.4 Å². The highest BCUT2D eigenvalue weighted by Gasteiger charge is 2.17. The number of hydrogen-bond acceptors (Lipinski definition) is 5. The van der Waals surface area contributed by atoms with Crippen molar-refractivity contribution in [3.05, 3.63) is 29.7 Å². The zero-order valence-corrected chi connectivity index (χ0v) is 11.4. The zero-order chi connectivity index (χ0) is 13.9. The van der Waals surface area contributed by atoms with E-state index < -0.39 is 0 Å². The average Bonchev–Trinajstić information content (AvgIpc) is 2.88. The van der Waals surface area contributed by atoms with Crippen LogP contribution < -0.4 is 0 Å². The maximum Gasteiger partial charge on any atom is 0.339 e. The van der Waals surface area contributed by atoms with Crippen LogP contribution in [0.2, 0.25) is 0 Å². The topological polar surface area (TPSA) is 65.7 Å². The maximum absolute atomic E-state index is 11.5. The van der Waals surface area contributed by atoms with E-state index in [0.717, 1.165) is 37.3 Å². The Hall–Kier alpha value is -1.95. The number of esters is 1. The van der Waals surface area contributed by atoms with Gasteiger partial charge >= 0.3 is 5.97 Å². The molecule has 0 N–H and O–H groups in total. The smallest absolute Gasteiger partial charge is 0.339 e. The van der Waals surface area contributed by atoms with Crippen molar-refractivity contribution in [2.24, 2.45) is 0 Å². The molecule has 0 aliphatic carbocycles. The molecule has 0 saturated carbocycles. The molecule has 3 rings (SSSR count). The SMILES string of the molecule is COC(=O)c1ccc2nc(CC3CCCCO3)nn2c1. The fourth-order valence-corrected chi connectivity index (χ4v) is 2.43. The van der Waals surface area contributed by atoms with Gasteiger partial charge in [-0.15, -0.1) is 0 Å². The standard InChI is InChI=1S/C14H17N3O3/c1-19-14(18)10-5-6-13-15-12(16-17(13)9-10)8-11-4-2-3-7-20-11/h5-6,9,11H,2-4,7-8H2,1H3. The number of fused-ring (bicyclic) bond motifs is 1. The Balaban J connectivity index is 1.81. The van der Waals surface area contributed by atoms with Gasteiger partial charge < -0.3 is 9.47 Å². The van der Waals surface area contributed by atoms with Crippen molar-refractivity contribution in [2.75, 3.05) is 13.7 Å². The largest absolute Gasteiger partial charge is 0.465 e. The first kappa shape index (κ1) is 13.1. The highest BCUT2D eigenvalue weighted by atomic mass is 16.5. The molecule has 0 radical (unpaired) electrons. The summed E-state index contributed by atoms with van der Waals surface area (Å²) in [6.07, 6.45) is 5.96. The molecular weight excluding hydrogens is 258 g/mol. The van der Waals surface area contributed by atoms with Crippen molar-refractivity contribution < 1.29 is 14.3 Å². The molecule has 0 amide bonds. The first-order valence-electron chi connectivity index (χ1n) is 6.81. The minimum atomic E-state index is -0.375. The van der Waals surface area contributed by atoms with E-state index in [9.17, 15) is 4.79 Å². The quantitative estimate of drug-likeness (QED) is 0.796. The van der Waals surface area contributed by atoms with Gasteiger partial charge in [-0.2, -0.15) is 5.10 Å². The van der Waals surface area contributed by atoms with Gasteiger partial charge in [0.05, 0.1) is 18.8 Å². The molecule has 106 valence electrons. The van der Waals surface area contributed by atoms with Crippen LogP contribution in [-0.2, 0) is 15.9 Å². The molecule has 2 aromatic rings. The number of carbonyl (C=O) groups is 1. The number of hydrogen-bond donors (Lipinski definition) is 0. The molecule has 1 saturated heterocycles. The van der Waals surface area contributed by atoms with Gasteiger partial charge in [0.25, 0.3) is 0 Å². The zero-order valence-electron chi connectivity index (χ0n) is 11.4. The average molecular weight is 275 g/mol. The van der Waals surface area contributed by atoms with E-state index in [2.05, 4.69) is 10.1 Å². The van der Waals surface area contributed by atoms with Crippen molar-refractivity contribution in [2.45, 2.75) is 31.8 Å². The van der Waals surface area contributed by atoms with Crippen molar-refractivity contribution in [1.82, 2.24) is 14.6 Å². The summed E-state index contributed by atoms with van der Waals surface area (Å²) >= 11 is 0. The summed E-state index contributed by atoms with van der Waals surface area (Å²) in [7, 11) is 1.36. The van der Waals surface area contributed by atoms with Crippen molar-refractivity contribution in [3.8, 4) is 0 Å². The minimum Gasteiger partial charge on any atom is -0.465 e. The first-order valence-corrected chi connectivity index (χ1v) is 6.81. The summed E-state index contributed by atoms with van der Waals surface area (Å²) in [6, 6.07) is 3.46. The second-order valence-electron chi connectivity index (χ2n) is 4.93. The lowest BCUT2D eigenvalue weighted by atomic mass is 10.1. The number of ether oxygens (including phenoxy) is 2. The van der Waals surface area contributed by atoms with E-state index in [1.165, 1.54) is 13.5 Å². The van der Waals surface area contributed by atoms with E-state index in [1.807, 2.05) is 0 Å². The Morgan fingerprint density at radius 2 is 2.40 bits per heavy atom. The van der Waals surface area contributed by atoms with Gasteiger partial charge in [-0.25, -0.2) is 14.3 Å². The summed E-state index contributed by atoms with van der Waals surface area (Å²) in [6.45, 7) is 0.824. The van der Waals surface area contributed by atoms with E-state index in [-0.39, 0.29) is 12.1 Å². The normalized spacial score (nSPS) is 19.1. The van der Waals surface area contributed by atoms with Gasteiger partial charge in [-0.3, -0.25) is 0 Å². The molecule has 20 heavy (non-hydrogen) atoms. The number of nitrogens with zero attached hydrogens (tertiary/aromatic N) is 3. The molecule has 1 atom stereocenters. The molecule has 6 heteroatoms. The van der Waals surface area contributed by atoms with Gasteiger partial charge in [-0.05, 0) is 31.4 Å². The van der Waals surface area contributed by atoms with E-state index in [0.29, 0.717) is 5.56 Å². The third-order valence-electron chi connectivity index (χ3n) is 3.48. The Morgan fingerprint density at radius 1 is 1.50 bits per heavy atom. The van der Waals surface area contributed by atoms with Crippen LogP contribution in [0.15, 0.2) is 18.3 Å². The summed E-state index contributed by atoms with van der Waals surface area (Å²) in [5.74, 6) is 0.374. The molecule has 1 aliphatic rings. The third-order valence-corrected chi connectivity index (χ3v) is 3.48. The molecule has 0 bridgehead atoms. The van der Waals surface area contributed by atoms with Crippen LogP contribution in [0.5, 0.6) is 0 Å². The molecule has 0 spiro atoms. The van der Waals surface area contributed by atoms with Crippen molar-refractivity contribution in [1.29, 1.82) is 0 Å². The number of carbonyl (C=O) groups excluding carboxylic acids is 1. The van der Waals surface area contributed by atoms with Gasteiger partial charge in [-0.1, -0.05) is 0 Å². The Labute approximate surface area is 116 Å². The fraction of sp³-hybridized carbons (Fsp3) is 0.500. The first-order chi connectivity index (χ1) is 9.76. The Bertz CT molecular complexity index is 617. The number of aromatic nitrogens is 3. The third kappa shape index (κ3) is 2.65. The molecule has 2 aromatic heterocycles. The van der Waals surface area contributed by atoms with Crippen LogP contribution in [-0.4, -0.2) is 40.4 Å². The number of rotatable bonds is 3. The predicted molar refractivity (Wildman–Crippen MR) is 71.6 cm³/mol. The van der Waals surface area contributed by atoms with Gasteiger partial charge in [0.15, 0.2) is 11.5 Å². The predicted octanol–water partition coefficient (Wildman–Crippen LogP) is 1.63. The van der Waals surface area contributed by atoms with Gasteiger partial charge in [0.1, 0.15) is 0 Å². The van der Waals surface area contributed by atoms with Crippen molar-refractivity contribution in [3.63, 3.8) is 0 Å². The summed E-state index contributed by atoms with van der Waals surface area (Å²) in [5.41, 5.74) is 1.19. The van der Waals surface area contributed by atoms with Gasteiger partial charge in [0, 0.05) is 19.2 Å². The summed E-state index contributed by atoms with van der Waals surface area (Å²) < 4.78 is 12.0. The number of methoxy groups -OCH3 is 1. The van der Waals surface area contributed by atoms with Crippen LogP contribution >= 0.6 is 0 Å². The minimum absolute atomic E-state index is 0.209. The fourth-order valence-electron chi connectivity index (χ4n) is 2.43. The van der Waals surface area contributed by atoms with Crippen LogP contribution in [0.3, 0.4) is 0 Å². The van der Waals surface area contributed by atoms with Crippen LogP contribution in [0, 0.1) is 0 Å². The lowest BCUT2D eigenvalue weighted by Crippen LogP contribution is -2.21. The lowest BCUT2D eigenvalue weighted by Gasteiger charge is -2.20. The molecule has 1 aliphatic heterocycles. The van der Waals surface area contributed by atoms with E-state index in [1.54, 1.807) is 22.8 Å². The summed E-state index contributed by atoms with van der Waals surface area (Å²) in [5, 5.41) is 4.40. The molecule has 3 heterocycles. The molecule has 1 fully saturated rings. The number of pyridine rings is 1. The van der Waals surface area contributed by atoms with Crippen LogP contribution in [0.4, 0.5) is 0 Å². The highest BCUT2D eigenvalue weighted by molar-refractivity contribution is 5.89. The summed E-state index contributed by atoms with van der Waals surface area (Å²) in [4.78, 5) is 15.9. The van der Waals surface area contributed by atoms with Gasteiger partial charge in [0.2, 0.25) is 0 Å². The molecule has 6 nitrogen and oxygen atoms in total. The molecule has 0 aromatic carbocycles. The second kappa shape index (κ2) is 5.58.